The summed E-state index contributed by atoms with van der Waals surface area (Å²) in [6, 6.07) is 0. The maximum Gasteiger partial charge on any atom is 0.156 e. The summed E-state index contributed by atoms with van der Waals surface area (Å²) in [5.74, 6) is 0.602. The second kappa shape index (κ2) is 2.85. The molecule has 3 atom stereocenters. The fraction of sp³-hybridized carbons (Fsp3) is 0.800. The molecule has 0 amide bonds. The molecule has 0 unspecified atom stereocenters. The van der Waals surface area contributed by atoms with E-state index in [1.165, 1.54) is 5.57 Å². The molecular formula is C15H22O2. The van der Waals surface area contributed by atoms with E-state index in [2.05, 4.69) is 27.7 Å². The van der Waals surface area contributed by atoms with E-state index in [4.69, 9.17) is 0 Å². The molecule has 2 nitrogen and oxygen atoms in total. The second-order valence-corrected chi connectivity index (χ2v) is 7.47. The highest BCUT2D eigenvalue weighted by Gasteiger charge is 2.68. The third-order valence-corrected chi connectivity index (χ3v) is 5.94. The molecule has 3 aliphatic carbocycles. The third kappa shape index (κ3) is 1.13. The van der Waals surface area contributed by atoms with Gasteiger partial charge in [0.25, 0.3) is 0 Å². The van der Waals surface area contributed by atoms with Crippen molar-refractivity contribution in [2.45, 2.75) is 53.1 Å². The zero-order valence-electron chi connectivity index (χ0n) is 11.2. The van der Waals surface area contributed by atoms with Gasteiger partial charge in [-0.05, 0) is 35.7 Å². The molecule has 3 aliphatic rings. The van der Waals surface area contributed by atoms with Crippen LogP contribution in [0.2, 0.25) is 0 Å². The van der Waals surface area contributed by atoms with E-state index >= 15 is 0 Å². The van der Waals surface area contributed by atoms with Crippen molar-refractivity contribution in [3.05, 3.63) is 11.6 Å². The van der Waals surface area contributed by atoms with Gasteiger partial charge in [-0.1, -0.05) is 33.3 Å². The topological polar surface area (TPSA) is 37.3 Å². The number of carbonyl (C=O) groups is 1. The van der Waals surface area contributed by atoms with Crippen molar-refractivity contribution in [2.75, 3.05) is 0 Å². The van der Waals surface area contributed by atoms with Gasteiger partial charge in [-0.25, -0.2) is 0 Å². The predicted molar refractivity (Wildman–Crippen MR) is 66.4 cm³/mol. The fourth-order valence-corrected chi connectivity index (χ4v) is 4.92. The fourth-order valence-electron chi connectivity index (χ4n) is 4.92. The highest BCUT2D eigenvalue weighted by Crippen LogP contribution is 2.73. The number of hydrogen-bond acceptors (Lipinski definition) is 2. The van der Waals surface area contributed by atoms with Crippen LogP contribution in [-0.4, -0.2) is 17.0 Å². The van der Waals surface area contributed by atoms with Crippen molar-refractivity contribution in [3.8, 4) is 0 Å². The van der Waals surface area contributed by atoms with Crippen LogP contribution in [0.15, 0.2) is 11.6 Å². The average molecular weight is 234 g/mol. The van der Waals surface area contributed by atoms with Crippen LogP contribution in [0.4, 0.5) is 0 Å². The standard InChI is InChI=1S/C15H22O2/c1-13(2)6-9(16)5-12-14(3,4)10-7-15(12,13)8-11(10)17/h5,10-11,17H,6-8H2,1-4H3/t10-,11-,15-/m1/s1. The lowest BCUT2D eigenvalue weighted by Gasteiger charge is -2.51. The molecule has 0 radical (unpaired) electrons. The van der Waals surface area contributed by atoms with Crippen LogP contribution in [-0.2, 0) is 4.79 Å². The lowest BCUT2D eigenvalue weighted by atomic mass is 9.53. The molecule has 1 spiro atoms. The Morgan fingerprint density at radius 2 is 1.88 bits per heavy atom. The minimum Gasteiger partial charge on any atom is -0.393 e. The van der Waals surface area contributed by atoms with Crippen molar-refractivity contribution in [1.29, 1.82) is 0 Å². The molecule has 0 aromatic carbocycles. The number of aliphatic hydroxyl groups is 1. The lowest BCUT2D eigenvalue weighted by Crippen LogP contribution is -2.46. The van der Waals surface area contributed by atoms with Gasteiger partial charge in [0.1, 0.15) is 0 Å². The van der Waals surface area contributed by atoms with Crippen LogP contribution in [0, 0.1) is 22.2 Å². The third-order valence-electron chi connectivity index (χ3n) is 5.94. The lowest BCUT2D eigenvalue weighted by molar-refractivity contribution is -0.120. The Labute approximate surface area is 103 Å². The van der Waals surface area contributed by atoms with Gasteiger partial charge in [0, 0.05) is 11.8 Å². The van der Waals surface area contributed by atoms with Gasteiger partial charge < -0.3 is 5.11 Å². The van der Waals surface area contributed by atoms with Crippen molar-refractivity contribution in [1.82, 2.24) is 0 Å². The van der Waals surface area contributed by atoms with E-state index in [1.54, 1.807) is 0 Å². The van der Waals surface area contributed by atoms with Crippen LogP contribution in [0.3, 0.4) is 0 Å². The first-order valence-corrected chi connectivity index (χ1v) is 6.64. The maximum absolute atomic E-state index is 11.9. The van der Waals surface area contributed by atoms with Crippen molar-refractivity contribution < 1.29 is 9.90 Å². The molecule has 2 saturated carbocycles. The van der Waals surface area contributed by atoms with E-state index in [1.807, 2.05) is 6.08 Å². The number of fused-ring (bicyclic) bond motifs is 1. The number of rotatable bonds is 0. The number of ketones is 1. The summed E-state index contributed by atoms with van der Waals surface area (Å²) >= 11 is 0. The highest BCUT2D eigenvalue weighted by atomic mass is 16.3. The Morgan fingerprint density at radius 1 is 1.24 bits per heavy atom. The molecule has 94 valence electrons. The molecule has 0 aliphatic heterocycles. The van der Waals surface area contributed by atoms with Crippen molar-refractivity contribution >= 4 is 5.78 Å². The summed E-state index contributed by atoms with van der Waals surface area (Å²) in [7, 11) is 0. The maximum atomic E-state index is 11.9. The summed E-state index contributed by atoms with van der Waals surface area (Å²) in [6.45, 7) is 8.80. The van der Waals surface area contributed by atoms with Gasteiger partial charge in [-0.2, -0.15) is 0 Å². The molecule has 2 fully saturated rings. The number of carbonyl (C=O) groups excluding carboxylic acids is 1. The Hall–Kier alpha value is -0.630. The van der Waals surface area contributed by atoms with E-state index < -0.39 is 0 Å². The molecule has 2 bridgehead atoms. The molecule has 0 aromatic rings. The van der Waals surface area contributed by atoms with Crippen LogP contribution >= 0.6 is 0 Å². The Bertz CT molecular complexity index is 430. The Kier molecular flexibility index (Phi) is 1.92. The first-order chi connectivity index (χ1) is 7.71. The first-order valence-electron chi connectivity index (χ1n) is 6.64. The molecule has 1 N–H and O–H groups in total. The van der Waals surface area contributed by atoms with E-state index in [-0.39, 0.29) is 28.1 Å². The SMILES string of the molecule is CC1(C)C2=CC(=O)CC(C)(C)[C@]23C[C@@H](O)[C@H]1C3. The van der Waals surface area contributed by atoms with Crippen LogP contribution in [0.1, 0.15) is 47.0 Å². The molecule has 17 heavy (non-hydrogen) atoms. The molecule has 3 rings (SSSR count). The first kappa shape index (κ1) is 11.5. The molecule has 0 aromatic heterocycles. The predicted octanol–water partition coefficient (Wildman–Crippen LogP) is 2.71. The minimum absolute atomic E-state index is 0.00231. The van der Waals surface area contributed by atoms with E-state index in [9.17, 15) is 9.90 Å². The van der Waals surface area contributed by atoms with E-state index in [0.29, 0.717) is 12.3 Å². The Morgan fingerprint density at radius 3 is 2.53 bits per heavy atom. The zero-order valence-corrected chi connectivity index (χ0v) is 11.2. The summed E-state index contributed by atoms with van der Waals surface area (Å²) in [5.41, 5.74) is 1.39. The highest BCUT2D eigenvalue weighted by molar-refractivity contribution is 5.93. The quantitative estimate of drug-likeness (QED) is 0.699. The molecular weight excluding hydrogens is 212 g/mol. The summed E-state index contributed by atoms with van der Waals surface area (Å²) < 4.78 is 0. The average Bonchev–Trinajstić information content (AvgIpc) is 2.60. The minimum atomic E-state index is -0.186. The second-order valence-electron chi connectivity index (χ2n) is 7.47. The van der Waals surface area contributed by atoms with Gasteiger partial charge in [0.2, 0.25) is 0 Å². The van der Waals surface area contributed by atoms with Gasteiger partial charge in [-0.3, -0.25) is 4.79 Å². The van der Waals surface area contributed by atoms with Gasteiger partial charge in [-0.15, -0.1) is 0 Å². The van der Waals surface area contributed by atoms with Crippen LogP contribution in [0.5, 0.6) is 0 Å². The number of hydrogen-bond donors (Lipinski definition) is 1. The largest absolute Gasteiger partial charge is 0.393 e. The monoisotopic (exact) mass is 234 g/mol. The van der Waals surface area contributed by atoms with Crippen molar-refractivity contribution in [3.63, 3.8) is 0 Å². The van der Waals surface area contributed by atoms with Gasteiger partial charge in [0.05, 0.1) is 6.10 Å². The summed E-state index contributed by atoms with van der Waals surface area (Å²) in [6.07, 6.45) is 4.26. The smallest absolute Gasteiger partial charge is 0.156 e. The van der Waals surface area contributed by atoms with Crippen LogP contribution < -0.4 is 0 Å². The van der Waals surface area contributed by atoms with Gasteiger partial charge >= 0.3 is 0 Å². The Balaban J connectivity index is 2.22. The summed E-state index contributed by atoms with van der Waals surface area (Å²) in [4.78, 5) is 11.9. The normalized spacial score (nSPS) is 45.7. The van der Waals surface area contributed by atoms with Crippen LogP contribution in [0.25, 0.3) is 0 Å². The van der Waals surface area contributed by atoms with Gasteiger partial charge in [0.15, 0.2) is 5.78 Å². The molecule has 0 saturated heterocycles. The summed E-state index contributed by atoms with van der Waals surface area (Å²) in [5, 5.41) is 10.3. The number of aliphatic hydroxyl groups excluding tert-OH is 1. The number of allylic oxidation sites excluding steroid dienone is 2. The van der Waals surface area contributed by atoms with Crippen molar-refractivity contribution in [2.24, 2.45) is 22.2 Å². The van der Waals surface area contributed by atoms with E-state index in [0.717, 1.165) is 12.8 Å². The zero-order chi connectivity index (χ0) is 12.6. The molecule has 2 heteroatoms. The molecule has 0 heterocycles.